The van der Waals surface area contributed by atoms with Gasteiger partial charge in [-0.1, -0.05) is 20.3 Å². The Morgan fingerprint density at radius 1 is 1.07 bits per heavy atom. The Bertz CT molecular complexity index is 145. The molecule has 3 nitrogen and oxygen atoms in total. The summed E-state index contributed by atoms with van der Waals surface area (Å²) in [6.07, 6.45) is 2.33. The van der Waals surface area contributed by atoms with Gasteiger partial charge in [0, 0.05) is 26.4 Å². The van der Waals surface area contributed by atoms with E-state index in [1.165, 1.54) is 6.42 Å². The number of rotatable bonds is 9. The maximum Gasteiger partial charge on any atom is 0.500 e. The largest absolute Gasteiger partial charge is 0.500 e. The second-order valence-corrected chi connectivity index (χ2v) is 6.89. The minimum Gasteiger partial charge on any atom is -0.377 e. The summed E-state index contributed by atoms with van der Waals surface area (Å²) >= 11 is 0. The first kappa shape index (κ1) is 15.1. The third-order valence-electron chi connectivity index (χ3n) is 2.30. The molecule has 4 heteroatoms. The van der Waals surface area contributed by atoms with Gasteiger partial charge >= 0.3 is 8.80 Å². The van der Waals surface area contributed by atoms with E-state index < -0.39 is 8.80 Å². The van der Waals surface area contributed by atoms with E-state index in [2.05, 4.69) is 13.8 Å². The minimum atomic E-state index is -2.34. The molecule has 0 bridgehead atoms. The van der Waals surface area contributed by atoms with E-state index in [1.807, 2.05) is 13.8 Å². The third kappa shape index (κ3) is 6.30. The molecule has 0 saturated carbocycles. The Labute approximate surface area is 95.5 Å². The Morgan fingerprint density at radius 3 is 1.93 bits per heavy atom. The quantitative estimate of drug-likeness (QED) is 0.574. The van der Waals surface area contributed by atoms with Crippen LogP contribution in [0.1, 0.15) is 40.5 Å². The van der Waals surface area contributed by atoms with E-state index in [1.54, 1.807) is 7.11 Å². The van der Waals surface area contributed by atoms with E-state index in [0.29, 0.717) is 13.2 Å². The van der Waals surface area contributed by atoms with Crippen molar-refractivity contribution in [3.63, 3.8) is 0 Å². The number of hydrogen-bond acceptors (Lipinski definition) is 3. The minimum absolute atomic E-state index is 0.668. The number of hydrogen-bond donors (Lipinski definition) is 0. The summed E-state index contributed by atoms with van der Waals surface area (Å²) in [5.74, 6) is 0.733. The fraction of sp³-hybridized carbons (Fsp3) is 1.00. The van der Waals surface area contributed by atoms with Crippen molar-refractivity contribution in [2.24, 2.45) is 5.92 Å². The second-order valence-electron chi connectivity index (χ2n) is 4.04. The van der Waals surface area contributed by atoms with Gasteiger partial charge in [-0.3, -0.25) is 0 Å². The smallest absolute Gasteiger partial charge is 0.377 e. The SMILES string of the molecule is CCO[Si](CCCC(C)C)(OC)OCC. The average molecular weight is 234 g/mol. The summed E-state index contributed by atoms with van der Waals surface area (Å²) in [7, 11) is -0.635. The molecule has 0 unspecified atom stereocenters. The Hall–Kier alpha value is 0.0969. The van der Waals surface area contributed by atoms with Crippen LogP contribution in [0.3, 0.4) is 0 Å². The maximum atomic E-state index is 5.70. The molecule has 0 rings (SSSR count). The standard InChI is InChI=1S/C11H26O3Si/c1-6-13-15(12-5,14-7-2)10-8-9-11(3)4/h11H,6-10H2,1-5H3. The van der Waals surface area contributed by atoms with E-state index >= 15 is 0 Å². The second kappa shape index (κ2) is 8.27. The summed E-state index contributed by atoms with van der Waals surface area (Å²) in [6.45, 7) is 9.78. The molecule has 0 aliphatic carbocycles. The summed E-state index contributed by atoms with van der Waals surface area (Å²) in [6, 6.07) is 0.934. The topological polar surface area (TPSA) is 27.7 Å². The molecule has 15 heavy (non-hydrogen) atoms. The first-order valence-electron chi connectivity index (χ1n) is 5.93. The van der Waals surface area contributed by atoms with E-state index in [0.717, 1.165) is 18.4 Å². The summed E-state index contributed by atoms with van der Waals surface area (Å²) in [5, 5.41) is 0. The van der Waals surface area contributed by atoms with Gasteiger partial charge in [-0.15, -0.1) is 0 Å². The highest BCUT2D eigenvalue weighted by molar-refractivity contribution is 6.60. The van der Waals surface area contributed by atoms with Gasteiger partial charge in [0.1, 0.15) is 0 Å². The zero-order chi connectivity index (χ0) is 11.7. The monoisotopic (exact) mass is 234 g/mol. The molecular weight excluding hydrogens is 208 g/mol. The van der Waals surface area contributed by atoms with Crippen molar-refractivity contribution < 1.29 is 13.3 Å². The highest BCUT2D eigenvalue weighted by Crippen LogP contribution is 2.20. The highest BCUT2D eigenvalue weighted by atomic mass is 28.4. The Kier molecular flexibility index (Phi) is 8.33. The fourth-order valence-corrected chi connectivity index (χ4v) is 3.90. The van der Waals surface area contributed by atoms with Crippen molar-refractivity contribution in [2.75, 3.05) is 20.3 Å². The van der Waals surface area contributed by atoms with Gasteiger partial charge in [-0.25, -0.2) is 0 Å². The fourth-order valence-electron chi connectivity index (χ4n) is 1.57. The Balaban J connectivity index is 4.08. The van der Waals surface area contributed by atoms with Gasteiger partial charge in [0.15, 0.2) is 0 Å². The molecule has 0 aliphatic rings. The predicted molar refractivity (Wildman–Crippen MR) is 64.9 cm³/mol. The molecule has 0 aromatic heterocycles. The molecule has 0 atom stereocenters. The van der Waals surface area contributed by atoms with E-state index in [4.69, 9.17) is 13.3 Å². The molecule has 0 heterocycles. The maximum absolute atomic E-state index is 5.70. The molecule has 0 amide bonds. The van der Waals surface area contributed by atoms with Crippen LogP contribution in [-0.4, -0.2) is 29.1 Å². The zero-order valence-corrected chi connectivity index (χ0v) is 11.8. The first-order chi connectivity index (χ1) is 7.10. The average Bonchev–Trinajstić information content (AvgIpc) is 2.17. The van der Waals surface area contributed by atoms with Crippen LogP contribution in [0.15, 0.2) is 0 Å². The molecule has 0 radical (unpaired) electrons. The van der Waals surface area contributed by atoms with Gasteiger partial charge < -0.3 is 13.3 Å². The lowest BCUT2D eigenvalue weighted by Crippen LogP contribution is -2.44. The summed E-state index contributed by atoms with van der Waals surface area (Å²) < 4.78 is 16.9. The van der Waals surface area contributed by atoms with Crippen LogP contribution in [0.25, 0.3) is 0 Å². The van der Waals surface area contributed by atoms with Crippen molar-refractivity contribution in [3.05, 3.63) is 0 Å². The van der Waals surface area contributed by atoms with Crippen LogP contribution in [0, 0.1) is 5.92 Å². The van der Waals surface area contributed by atoms with Crippen LogP contribution in [-0.2, 0) is 13.3 Å². The molecular formula is C11H26O3Si. The van der Waals surface area contributed by atoms with E-state index in [9.17, 15) is 0 Å². The summed E-state index contributed by atoms with van der Waals surface area (Å²) in [5.41, 5.74) is 0. The first-order valence-corrected chi connectivity index (χ1v) is 7.86. The predicted octanol–water partition coefficient (Wildman–Crippen LogP) is 3.08. The normalized spacial score (nSPS) is 12.4. The van der Waals surface area contributed by atoms with Gasteiger partial charge in [-0.2, -0.15) is 0 Å². The zero-order valence-electron chi connectivity index (χ0n) is 10.8. The molecule has 0 N–H and O–H groups in total. The van der Waals surface area contributed by atoms with Crippen molar-refractivity contribution in [1.82, 2.24) is 0 Å². The van der Waals surface area contributed by atoms with Crippen LogP contribution in [0.4, 0.5) is 0 Å². The highest BCUT2D eigenvalue weighted by Gasteiger charge is 2.38. The molecule has 0 spiro atoms. The molecule has 0 aliphatic heterocycles. The molecule has 92 valence electrons. The lowest BCUT2D eigenvalue weighted by molar-refractivity contribution is 0.0857. The molecule has 0 aromatic rings. The van der Waals surface area contributed by atoms with Gasteiger partial charge in [0.2, 0.25) is 0 Å². The van der Waals surface area contributed by atoms with Crippen LogP contribution in [0.5, 0.6) is 0 Å². The molecule has 0 aromatic carbocycles. The summed E-state index contributed by atoms with van der Waals surface area (Å²) in [4.78, 5) is 0. The lowest BCUT2D eigenvalue weighted by Gasteiger charge is -2.27. The van der Waals surface area contributed by atoms with Crippen molar-refractivity contribution >= 4 is 8.80 Å². The van der Waals surface area contributed by atoms with Gasteiger partial charge in [0.25, 0.3) is 0 Å². The van der Waals surface area contributed by atoms with Gasteiger partial charge in [0.05, 0.1) is 0 Å². The van der Waals surface area contributed by atoms with Crippen molar-refractivity contribution in [2.45, 2.75) is 46.6 Å². The lowest BCUT2D eigenvalue weighted by atomic mass is 10.1. The van der Waals surface area contributed by atoms with Gasteiger partial charge in [-0.05, 0) is 26.2 Å². The van der Waals surface area contributed by atoms with Crippen LogP contribution < -0.4 is 0 Å². The third-order valence-corrected chi connectivity index (χ3v) is 5.35. The van der Waals surface area contributed by atoms with Crippen molar-refractivity contribution in [3.8, 4) is 0 Å². The molecule has 0 fully saturated rings. The van der Waals surface area contributed by atoms with Crippen molar-refractivity contribution in [1.29, 1.82) is 0 Å². The van der Waals surface area contributed by atoms with E-state index in [-0.39, 0.29) is 0 Å². The van der Waals surface area contributed by atoms with Crippen LogP contribution >= 0.6 is 0 Å². The molecule has 0 saturated heterocycles. The Morgan fingerprint density at radius 2 is 1.60 bits per heavy atom. The van der Waals surface area contributed by atoms with Crippen LogP contribution in [0.2, 0.25) is 6.04 Å².